The monoisotopic (exact) mass is 408 g/mol. The Hall–Kier alpha value is -3.68. The van der Waals surface area contributed by atoms with Gasteiger partial charge in [0.2, 0.25) is 23.5 Å². The summed E-state index contributed by atoms with van der Waals surface area (Å²) in [6.45, 7) is 2.23. The zero-order chi connectivity index (χ0) is 21.3. The van der Waals surface area contributed by atoms with E-state index in [4.69, 9.17) is 9.26 Å². The molecule has 8 nitrogen and oxygen atoms in total. The van der Waals surface area contributed by atoms with Crippen LogP contribution in [0.4, 0.5) is 5.69 Å². The molecule has 2 amide bonds. The van der Waals surface area contributed by atoms with E-state index in [1.807, 2.05) is 37.3 Å². The van der Waals surface area contributed by atoms with Gasteiger partial charge in [-0.25, -0.2) is 0 Å². The zero-order valence-corrected chi connectivity index (χ0v) is 17.0. The lowest BCUT2D eigenvalue weighted by molar-refractivity contribution is -0.134. The Kier molecular flexibility index (Phi) is 7.15. The van der Waals surface area contributed by atoms with Crippen molar-refractivity contribution in [2.24, 2.45) is 0 Å². The third-order valence-electron chi connectivity index (χ3n) is 4.50. The molecule has 0 fully saturated rings. The molecule has 0 saturated heterocycles. The summed E-state index contributed by atoms with van der Waals surface area (Å²) in [7, 11) is 1.58. The van der Waals surface area contributed by atoms with Crippen LogP contribution in [0.2, 0.25) is 0 Å². The fourth-order valence-electron chi connectivity index (χ4n) is 2.86. The van der Waals surface area contributed by atoms with Gasteiger partial charge in [0.25, 0.3) is 0 Å². The summed E-state index contributed by atoms with van der Waals surface area (Å²) in [6.07, 6.45) is 0.495. The van der Waals surface area contributed by atoms with Crippen LogP contribution in [-0.4, -0.2) is 47.1 Å². The normalized spacial score (nSPS) is 10.5. The van der Waals surface area contributed by atoms with Gasteiger partial charge in [0.1, 0.15) is 5.75 Å². The molecule has 1 N–H and O–H groups in total. The predicted molar refractivity (Wildman–Crippen MR) is 112 cm³/mol. The maximum Gasteiger partial charge on any atom is 0.243 e. The maximum absolute atomic E-state index is 12.5. The number of aromatic nitrogens is 2. The Labute approximate surface area is 174 Å². The summed E-state index contributed by atoms with van der Waals surface area (Å²) >= 11 is 0. The van der Waals surface area contributed by atoms with E-state index in [0.717, 1.165) is 5.56 Å². The quantitative estimate of drug-likeness (QED) is 0.584. The summed E-state index contributed by atoms with van der Waals surface area (Å²) in [6, 6.07) is 16.5. The van der Waals surface area contributed by atoms with E-state index >= 15 is 0 Å². The van der Waals surface area contributed by atoms with Gasteiger partial charge in [0.05, 0.1) is 13.7 Å². The highest BCUT2D eigenvalue weighted by atomic mass is 16.5. The van der Waals surface area contributed by atoms with Crippen molar-refractivity contribution in [3.05, 3.63) is 60.5 Å². The van der Waals surface area contributed by atoms with Gasteiger partial charge >= 0.3 is 0 Å². The van der Waals surface area contributed by atoms with Crippen molar-refractivity contribution >= 4 is 17.5 Å². The summed E-state index contributed by atoms with van der Waals surface area (Å²) < 4.78 is 10.3. The first kappa shape index (κ1) is 21.0. The van der Waals surface area contributed by atoms with E-state index in [9.17, 15) is 9.59 Å². The minimum absolute atomic E-state index is 0.0273. The number of rotatable bonds is 9. The number of carbonyl (C=O) groups is 2. The number of likely N-dealkylation sites (N-methyl/N-ethyl adjacent to an activating group) is 1. The predicted octanol–water partition coefficient (Wildman–Crippen LogP) is 3.17. The van der Waals surface area contributed by atoms with Crippen LogP contribution in [0, 0.1) is 0 Å². The molecule has 0 atom stereocenters. The Morgan fingerprint density at radius 2 is 1.83 bits per heavy atom. The second-order valence-corrected chi connectivity index (χ2v) is 6.56. The van der Waals surface area contributed by atoms with Crippen LogP contribution >= 0.6 is 0 Å². The third kappa shape index (κ3) is 5.66. The summed E-state index contributed by atoms with van der Waals surface area (Å²) in [5.74, 6) is 1.17. The number of aryl methyl sites for hydroxylation is 1. The van der Waals surface area contributed by atoms with Crippen molar-refractivity contribution in [1.29, 1.82) is 0 Å². The molecule has 2 aromatic carbocycles. The Morgan fingerprint density at radius 1 is 1.10 bits per heavy atom. The Bertz CT molecular complexity index is 970. The number of nitrogens with one attached hydrogen (secondary N) is 1. The number of hydrogen-bond donors (Lipinski definition) is 1. The molecule has 0 bridgehead atoms. The average molecular weight is 408 g/mol. The third-order valence-corrected chi connectivity index (χ3v) is 4.50. The lowest BCUT2D eigenvalue weighted by atomic mass is 10.2. The topological polar surface area (TPSA) is 97.6 Å². The van der Waals surface area contributed by atoms with Crippen LogP contribution < -0.4 is 10.1 Å². The first-order valence-electron chi connectivity index (χ1n) is 9.68. The lowest BCUT2D eigenvalue weighted by Crippen LogP contribution is -2.38. The van der Waals surface area contributed by atoms with Gasteiger partial charge in [-0.1, -0.05) is 35.5 Å². The van der Waals surface area contributed by atoms with E-state index in [1.54, 1.807) is 31.4 Å². The molecule has 156 valence electrons. The zero-order valence-electron chi connectivity index (χ0n) is 17.0. The second-order valence-electron chi connectivity index (χ2n) is 6.56. The van der Waals surface area contributed by atoms with E-state index in [0.29, 0.717) is 36.1 Å². The van der Waals surface area contributed by atoms with Gasteiger partial charge in [0, 0.05) is 30.6 Å². The average Bonchev–Trinajstić information content (AvgIpc) is 3.26. The van der Waals surface area contributed by atoms with Crippen LogP contribution in [0.5, 0.6) is 5.75 Å². The smallest absolute Gasteiger partial charge is 0.243 e. The molecule has 1 aromatic heterocycles. The lowest BCUT2D eigenvalue weighted by Gasteiger charge is -2.20. The Morgan fingerprint density at radius 3 is 2.50 bits per heavy atom. The maximum atomic E-state index is 12.5. The number of carbonyl (C=O) groups excluding carboxylic acids is 2. The largest absolute Gasteiger partial charge is 0.497 e. The summed E-state index contributed by atoms with van der Waals surface area (Å²) in [4.78, 5) is 30.7. The van der Waals surface area contributed by atoms with Crippen molar-refractivity contribution in [3.63, 3.8) is 0 Å². The first-order chi connectivity index (χ1) is 14.6. The van der Waals surface area contributed by atoms with Crippen molar-refractivity contribution in [2.75, 3.05) is 25.5 Å². The van der Waals surface area contributed by atoms with Crippen LogP contribution in [0.3, 0.4) is 0 Å². The number of hydrogen-bond acceptors (Lipinski definition) is 6. The molecular weight excluding hydrogens is 384 g/mol. The minimum atomic E-state index is -0.264. The van der Waals surface area contributed by atoms with Gasteiger partial charge in [-0.3, -0.25) is 9.59 Å². The van der Waals surface area contributed by atoms with Crippen molar-refractivity contribution in [2.45, 2.75) is 19.8 Å². The first-order valence-corrected chi connectivity index (χ1v) is 9.68. The molecule has 0 aliphatic rings. The van der Waals surface area contributed by atoms with E-state index in [1.165, 1.54) is 4.90 Å². The van der Waals surface area contributed by atoms with E-state index in [-0.39, 0.29) is 24.8 Å². The number of methoxy groups -OCH3 is 1. The molecule has 3 aromatic rings. The molecule has 0 saturated carbocycles. The molecule has 3 rings (SSSR count). The summed E-state index contributed by atoms with van der Waals surface area (Å²) in [5.41, 5.74) is 1.49. The van der Waals surface area contributed by atoms with E-state index < -0.39 is 0 Å². The molecule has 0 aliphatic heterocycles. The van der Waals surface area contributed by atoms with Crippen molar-refractivity contribution in [3.8, 4) is 17.1 Å². The minimum Gasteiger partial charge on any atom is -0.497 e. The second kappa shape index (κ2) is 10.2. The molecule has 0 unspecified atom stereocenters. The standard InChI is InChI=1S/C22H24N4O4/c1-3-26(15-19(27)23-17-9-11-18(29-2)12-10-17)21(28)14-13-20-24-22(25-30-20)16-7-5-4-6-8-16/h4-12H,3,13-15H2,1-2H3,(H,23,27). The van der Waals surface area contributed by atoms with Crippen molar-refractivity contribution < 1.29 is 18.8 Å². The number of benzene rings is 2. The molecule has 30 heavy (non-hydrogen) atoms. The SMILES string of the molecule is CCN(CC(=O)Nc1ccc(OC)cc1)C(=O)CCc1nc(-c2ccccc2)no1. The highest BCUT2D eigenvalue weighted by Crippen LogP contribution is 2.16. The highest BCUT2D eigenvalue weighted by molar-refractivity contribution is 5.94. The number of nitrogens with zero attached hydrogens (tertiary/aromatic N) is 3. The van der Waals surface area contributed by atoms with Crippen LogP contribution in [0.25, 0.3) is 11.4 Å². The number of amides is 2. The molecular formula is C22H24N4O4. The van der Waals surface area contributed by atoms with Gasteiger partial charge in [-0.15, -0.1) is 0 Å². The molecule has 0 aliphatic carbocycles. The van der Waals surface area contributed by atoms with Gasteiger partial charge in [-0.2, -0.15) is 4.98 Å². The van der Waals surface area contributed by atoms with Gasteiger partial charge in [-0.05, 0) is 31.2 Å². The van der Waals surface area contributed by atoms with Gasteiger partial charge in [0.15, 0.2) is 0 Å². The Balaban J connectivity index is 1.50. The fraction of sp³-hybridized carbons (Fsp3) is 0.273. The van der Waals surface area contributed by atoms with Crippen LogP contribution in [-0.2, 0) is 16.0 Å². The molecule has 8 heteroatoms. The number of anilines is 1. The van der Waals surface area contributed by atoms with Crippen LogP contribution in [0.15, 0.2) is 59.1 Å². The van der Waals surface area contributed by atoms with Crippen LogP contribution in [0.1, 0.15) is 19.2 Å². The summed E-state index contributed by atoms with van der Waals surface area (Å²) in [5, 5.41) is 6.73. The number of ether oxygens (including phenoxy) is 1. The van der Waals surface area contributed by atoms with Crippen molar-refractivity contribution in [1.82, 2.24) is 15.0 Å². The molecule has 0 spiro atoms. The molecule has 0 radical (unpaired) electrons. The highest BCUT2D eigenvalue weighted by Gasteiger charge is 2.17. The molecule has 1 heterocycles. The van der Waals surface area contributed by atoms with E-state index in [2.05, 4.69) is 15.5 Å². The van der Waals surface area contributed by atoms with Gasteiger partial charge < -0.3 is 19.5 Å². The fourth-order valence-corrected chi connectivity index (χ4v) is 2.86.